The second-order valence-corrected chi connectivity index (χ2v) is 15.5. The number of nitrogens with zero attached hydrogens (tertiary/aromatic N) is 6. The van der Waals surface area contributed by atoms with E-state index in [1.165, 1.54) is 24.6 Å². The summed E-state index contributed by atoms with van der Waals surface area (Å²) in [6.07, 6.45) is -3.56. The zero-order chi connectivity index (χ0) is 42.7. The Bertz CT molecular complexity index is 2650. The first kappa shape index (κ1) is 41.3. The van der Waals surface area contributed by atoms with Gasteiger partial charge in [0, 0.05) is 29.8 Å². The van der Waals surface area contributed by atoms with E-state index < -0.39 is 76.9 Å². The van der Waals surface area contributed by atoms with Crippen molar-refractivity contribution in [3.8, 4) is 34.8 Å². The van der Waals surface area contributed by atoms with Gasteiger partial charge in [-0.3, -0.25) is 19.0 Å². The zero-order valence-corrected chi connectivity index (χ0v) is 32.8. The molecule has 3 atom stereocenters. The maximum atomic E-state index is 15.6. The van der Waals surface area contributed by atoms with Crippen LogP contribution in [0.3, 0.4) is 0 Å². The molecule has 0 aliphatic heterocycles. The highest BCUT2D eigenvalue weighted by atomic mass is 35.5. The molecule has 306 valence electrons. The zero-order valence-electron chi connectivity index (χ0n) is 32.1. The number of halogens is 7. The van der Waals surface area contributed by atoms with Crippen LogP contribution in [0, 0.1) is 41.2 Å². The summed E-state index contributed by atoms with van der Waals surface area (Å²) in [5.74, 6) is 0.841. The van der Waals surface area contributed by atoms with Gasteiger partial charge >= 0.3 is 5.92 Å². The van der Waals surface area contributed by atoms with Crippen LogP contribution in [0.15, 0.2) is 42.5 Å². The van der Waals surface area contributed by atoms with Gasteiger partial charge in [0.15, 0.2) is 5.82 Å². The normalized spacial score (nSPS) is 16.8. The summed E-state index contributed by atoms with van der Waals surface area (Å²) in [6, 6.07) is 7.76. The van der Waals surface area contributed by atoms with Gasteiger partial charge in [-0.05, 0) is 76.2 Å². The number of aliphatic hydroxyl groups is 1. The Morgan fingerprint density at radius 2 is 1.73 bits per heavy atom. The Hall–Kier alpha value is -5.88. The highest BCUT2D eigenvalue weighted by Gasteiger charge is 2.60. The molecule has 0 fully saturated rings. The highest BCUT2D eigenvalue weighted by molar-refractivity contribution is 6.37. The summed E-state index contributed by atoms with van der Waals surface area (Å²) in [6.45, 7) is 1.99. The standard InChI is InChI=1S/C41H35ClF6N8O3/c1-40(2,59)13-12-23-6-7-24(25-9-11-28(42)33-36(25)55(5)53-39(33)51-30(57)18-54(3)4)34(49-23)29(16-20-14-21(43)17-22(44)15-20)50-31(58)19-56-37-32(35(52-56)38(45)46)26-8-10-27(26)41(37,47)48/h6-7,9,11,14-15,17,26-27,29,38,59H,16,18-19H2,1-5H3,(H,50,58)(H,51,53,57). The van der Waals surface area contributed by atoms with Crippen LogP contribution in [0.2, 0.25) is 5.02 Å². The molecule has 0 saturated carbocycles. The topological polar surface area (TPSA) is 130 Å². The number of pyridine rings is 1. The predicted octanol–water partition coefficient (Wildman–Crippen LogP) is 6.25. The number of hydrogen-bond acceptors (Lipinski definition) is 7. The van der Waals surface area contributed by atoms with Crippen molar-refractivity contribution in [2.45, 2.75) is 56.7 Å². The van der Waals surface area contributed by atoms with Gasteiger partial charge in [-0.15, -0.1) is 0 Å². The van der Waals surface area contributed by atoms with E-state index in [9.17, 15) is 32.3 Å². The lowest BCUT2D eigenvalue weighted by atomic mass is 9.84. The van der Waals surface area contributed by atoms with Crippen LogP contribution in [-0.2, 0) is 35.5 Å². The molecule has 7 rings (SSSR count). The number of fused-ring (bicyclic) bond motifs is 4. The number of nitrogens with one attached hydrogen (secondary N) is 2. The van der Waals surface area contributed by atoms with Gasteiger partial charge in [0.1, 0.15) is 46.8 Å². The molecule has 2 amide bonds. The molecule has 0 saturated heterocycles. The van der Waals surface area contributed by atoms with Gasteiger partial charge in [-0.1, -0.05) is 35.4 Å². The molecule has 3 aromatic heterocycles. The van der Waals surface area contributed by atoms with E-state index in [-0.39, 0.29) is 46.7 Å². The van der Waals surface area contributed by atoms with E-state index >= 15 is 8.78 Å². The molecular formula is C41H35ClF6N8O3. The Labute approximate surface area is 338 Å². The third-order valence-electron chi connectivity index (χ3n) is 9.66. The minimum absolute atomic E-state index is 0.0377. The summed E-state index contributed by atoms with van der Waals surface area (Å²) < 4.78 is 90.7. The number of rotatable bonds is 11. The number of likely N-dealkylation sites (N-methyl/N-ethyl adjacent to an activating group) is 1. The lowest BCUT2D eigenvalue weighted by Gasteiger charge is -2.24. The maximum Gasteiger partial charge on any atom is 0.304 e. The van der Waals surface area contributed by atoms with Crippen LogP contribution in [0.1, 0.15) is 66.1 Å². The average Bonchev–Trinajstić information content (AvgIpc) is 3.68. The van der Waals surface area contributed by atoms with E-state index in [0.29, 0.717) is 32.8 Å². The molecule has 2 aromatic carbocycles. The third kappa shape index (κ3) is 8.10. The smallest absolute Gasteiger partial charge is 0.304 e. The summed E-state index contributed by atoms with van der Waals surface area (Å²) in [4.78, 5) is 33.2. The van der Waals surface area contributed by atoms with Gasteiger partial charge in [-0.25, -0.2) is 22.5 Å². The molecule has 5 aromatic rings. The number of carbonyl (C=O) groups excluding carboxylic acids is 2. The molecule has 18 heteroatoms. The van der Waals surface area contributed by atoms with E-state index in [0.717, 1.165) is 12.1 Å². The lowest BCUT2D eigenvalue weighted by molar-refractivity contribution is -0.123. The molecule has 59 heavy (non-hydrogen) atoms. The summed E-state index contributed by atoms with van der Waals surface area (Å²) in [7, 11) is 5.04. The largest absolute Gasteiger partial charge is 0.378 e. The highest BCUT2D eigenvalue weighted by Crippen LogP contribution is 2.57. The number of carbonyl (C=O) groups is 2. The first-order chi connectivity index (χ1) is 27.7. The minimum Gasteiger partial charge on any atom is -0.378 e. The van der Waals surface area contributed by atoms with Crippen molar-refractivity contribution >= 4 is 40.1 Å². The van der Waals surface area contributed by atoms with Crippen molar-refractivity contribution in [3.05, 3.63) is 93.0 Å². The summed E-state index contributed by atoms with van der Waals surface area (Å²) >= 11 is 6.70. The fraction of sp³-hybridized carbons (Fsp3) is 0.341. The van der Waals surface area contributed by atoms with Crippen molar-refractivity contribution in [2.24, 2.45) is 13.0 Å². The Kier molecular flexibility index (Phi) is 10.8. The Balaban J connectivity index is 1.37. The van der Waals surface area contributed by atoms with Gasteiger partial charge in [0.2, 0.25) is 11.8 Å². The van der Waals surface area contributed by atoms with Gasteiger partial charge in [0.05, 0.1) is 40.1 Å². The molecule has 0 radical (unpaired) electrons. The van der Waals surface area contributed by atoms with E-state index in [4.69, 9.17) is 16.6 Å². The molecule has 11 nitrogen and oxygen atoms in total. The van der Waals surface area contributed by atoms with E-state index in [2.05, 4.69) is 44.5 Å². The van der Waals surface area contributed by atoms with Gasteiger partial charge in [0.25, 0.3) is 6.43 Å². The number of anilines is 1. The van der Waals surface area contributed by atoms with Crippen molar-refractivity contribution in [2.75, 3.05) is 26.0 Å². The number of hydrogen-bond donors (Lipinski definition) is 3. The van der Waals surface area contributed by atoms with Crippen LogP contribution < -0.4 is 10.6 Å². The number of amides is 2. The molecule has 3 heterocycles. The fourth-order valence-corrected chi connectivity index (χ4v) is 7.56. The summed E-state index contributed by atoms with van der Waals surface area (Å²) in [5.41, 5.74) is -2.25. The molecule has 0 bridgehead atoms. The van der Waals surface area contributed by atoms with Gasteiger partial charge < -0.3 is 20.6 Å². The third-order valence-corrected chi connectivity index (χ3v) is 9.97. The Morgan fingerprint density at radius 3 is 2.36 bits per heavy atom. The first-order valence-corrected chi connectivity index (χ1v) is 18.5. The van der Waals surface area contributed by atoms with Crippen LogP contribution in [0.5, 0.6) is 0 Å². The number of aromatic nitrogens is 5. The molecule has 2 aliphatic carbocycles. The Morgan fingerprint density at radius 1 is 1.03 bits per heavy atom. The maximum absolute atomic E-state index is 15.6. The second kappa shape index (κ2) is 15.4. The predicted molar refractivity (Wildman–Crippen MR) is 205 cm³/mol. The SMILES string of the molecule is CN(C)CC(=O)Nc1nn(C)c2c(-c3ccc(C#CC(C)(C)O)nc3C(Cc3cc(F)cc(F)c3)NC(=O)Cn3nc(C(F)F)c4c3C(F)(F)C3C#CC43)ccc(Cl)c12. The van der Waals surface area contributed by atoms with Crippen LogP contribution >= 0.6 is 11.6 Å². The van der Waals surface area contributed by atoms with Crippen LogP contribution in [0.25, 0.3) is 22.0 Å². The molecule has 2 aliphatic rings. The fourth-order valence-electron chi connectivity index (χ4n) is 7.32. The van der Waals surface area contributed by atoms with Crippen LogP contribution in [-0.4, -0.2) is 72.6 Å². The van der Waals surface area contributed by atoms with Crippen molar-refractivity contribution in [3.63, 3.8) is 0 Å². The van der Waals surface area contributed by atoms with Gasteiger partial charge in [-0.2, -0.15) is 19.0 Å². The minimum atomic E-state index is -3.68. The van der Waals surface area contributed by atoms with Crippen LogP contribution in [0.4, 0.5) is 32.2 Å². The molecule has 0 spiro atoms. The average molecular weight is 837 g/mol. The second-order valence-electron chi connectivity index (χ2n) is 15.1. The first-order valence-electron chi connectivity index (χ1n) is 18.1. The van der Waals surface area contributed by atoms with E-state index in [1.807, 2.05) is 0 Å². The number of benzene rings is 2. The number of aryl methyl sites for hydroxylation is 1. The quantitative estimate of drug-likeness (QED) is 0.106. The number of alkyl halides is 4. The molecular weight excluding hydrogens is 802 g/mol. The summed E-state index contributed by atoms with van der Waals surface area (Å²) in [5, 5.41) is 24.7. The van der Waals surface area contributed by atoms with Crippen molar-refractivity contribution in [1.82, 2.24) is 34.8 Å². The molecule has 3 unspecified atom stereocenters. The lowest BCUT2D eigenvalue weighted by Crippen LogP contribution is -2.36. The van der Waals surface area contributed by atoms with E-state index in [1.54, 1.807) is 44.2 Å². The monoisotopic (exact) mass is 836 g/mol. The van der Waals surface area contributed by atoms with Crippen molar-refractivity contribution < 1.29 is 41.0 Å². The molecule has 3 N–H and O–H groups in total. The van der Waals surface area contributed by atoms with Crippen molar-refractivity contribution in [1.29, 1.82) is 0 Å².